The Morgan fingerprint density at radius 3 is 2.92 bits per heavy atom. The number of hydrogen-bond acceptors (Lipinski definition) is 1. The van der Waals surface area contributed by atoms with Crippen LogP contribution in [0.4, 0.5) is 0 Å². The molecule has 0 aliphatic carbocycles. The van der Waals surface area contributed by atoms with Crippen molar-refractivity contribution in [3.8, 4) is 0 Å². The number of benzene rings is 1. The standard InChI is InChI=1S/C12H13N/c1-10-6-7-11-4-2-3-5-12(11)13-9-8-10/h2-5,7-8H,6,9H2,1H3. The summed E-state index contributed by atoms with van der Waals surface area (Å²) in [6.07, 6.45) is 5.48. The fraction of sp³-hybridized carbons (Fsp3) is 0.250. The minimum absolute atomic E-state index is 0.816. The van der Waals surface area contributed by atoms with Gasteiger partial charge in [-0.2, -0.15) is 0 Å². The molecule has 0 saturated carbocycles. The van der Waals surface area contributed by atoms with Gasteiger partial charge in [-0.3, -0.25) is 4.99 Å². The molecule has 0 saturated heterocycles. The fourth-order valence-corrected chi connectivity index (χ4v) is 1.46. The maximum Gasteiger partial charge on any atom is 0.0647 e. The molecule has 0 spiro atoms. The summed E-state index contributed by atoms with van der Waals surface area (Å²) in [6, 6.07) is 8.29. The topological polar surface area (TPSA) is 12.4 Å². The van der Waals surface area contributed by atoms with Crippen molar-refractivity contribution in [1.29, 1.82) is 0 Å². The Hall–Kier alpha value is -1.37. The van der Waals surface area contributed by atoms with Crippen LogP contribution in [0.25, 0.3) is 6.08 Å². The predicted octanol–water partition coefficient (Wildman–Crippen LogP) is 1.44. The van der Waals surface area contributed by atoms with Gasteiger partial charge in [0.15, 0.2) is 0 Å². The molecular formula is C12H13N. The zero-order valence-electron chi connectivity index (χ0n) is 7.83. The highest BCUT2D eigenvalue weighted by atomic mass is 14.7. The third-order valence-corrected chi connectivity index (χ3v) is 2.28. The third kappa shape index (κ3) is 1.86. The quantitative estimate of drug-likeness (QED) is 0.524. The van der Waals surface area contributed by atoms with E-state index in [0.717, 1.165) is 18.3 Å². The smallest absolute Gasteiger partial charge is 0.0647 e. The van der Waals surface area contributed by atoms with E-state index in [9.17, 15) is 0 Å². The second-order valence-electron chi connectivity index (χ2n) is 3.36. The molecule has 0 radical (unpaired) electrons. The Labute approximate surface area is 78.1 Å². The summed E-state index contributed by atoms with van der Waals surface area (Å²) in [5.74, 6) is 0. The molecule has 1 nitrogen and oxygen atoms in total. The maximum atomic E-state index is 4.49. The van der Waals surface area contributed by atoms with Gasteiger partial charge >= 0.3 is 0 Å². The first kappa shape index (κ1) is 8.24. The van der Waals surface area contributed by atoms with Crippen LogP contribution in [0, 0.1) is 0 Å². The number of nitrogens with zero attached hydrogens (tertiary/aromatic N) is 1. The largest absolute Gasteiger partial charge is 0.281 e. The summed E-state index contributed by atoms with van der Waals surface area (Å²) in [4.78, 5) is 4.49. The van der Waals surface area contributed by atoms with E-state index in [1.165, 1.54) is 10.8 Å². The summed E-state index contributed by atoms with van der Waals surface area (Å²) in [5.41, 5.74) is 1.40. The molecule has 0 bridgehead atoms. The molecular weight excluding hydrogens is 158 g/mol. The fourth-order valence-electron chi connectivity index (χ4n) is 1.46. The lowest BCUT2D eigenvalue weighted by Crippen LogP contribution is -2.25. The average Bonchev–Trinajstić information content (AvgIpc) is 2.13. The lowest BCUT2D eigenvalue weighted by molar-refractivity contribution is 1.08. The van der Waals surface area contributed by atoms with E-state index < -0.39 is 0 Å². The predicted molar refractivity (Wildman–Crippen MR) is 54.9 cm³/mol. The van der Waals surface area contributed by atoms with Crippen LogP contribution in [-0.4, -0.2) is 6.54 Å². The second kappa shape index (κ2) is 3.56. The molecule has 13 heavy (non-hydrogen) atoms. The van der Waals surface area contributed by atoms with Crippen LogP contribution >= 0.6 is 0 Å². The Balaban J connectivity index is 2.60. The van der Waals surface area contributed by atoms with Gasteiger partial charge in [-0.25, -0.2) is 0 Å². The van der Waals surface area contributed by atoms with E-state index in [2.05, 4.69) is 42.3 Å². The van der Waals surface area contributed by atoms with Crippen molar-refractivity contribution in [3.05, 3.63) is 46.5 Å². The zero-order valence-corrected chi connectivity index (χ0v) is 7.83. The van der Waals surface area contributed by atoms with E-state index >= 15 is 0 Å². The van der Waals surface area contributed by atoms with Gasteiger partial charge in [0, 0.05) is 0 Å². The number of hydrogen-bond donors (Lipinski definition) is 0. The van der Waals surface area contributed by atoms with Gasteiger partial charge < -0.3 is 0 Å². The third-order valence-electron chi connectivity index (χ3n) is 2.28. The van der Waals surface area contributed by atoms with Crippen LogP contribution in [0.3, 0.4) is 0 Å². The first-order valence-corrected chi connectivity index (χ1v) is 4.61. The van der Waals surface area contributed by atoms with Crippen molar-refractivity contribution in [2.45, 2.75) is 13.3 Å². The molecule has 1 heteroatoms. The lowest BCUT2D eigenvalue weighted by atomic mass is 10.1. The SMILES string of the molecule is CC1=CCN=c2ccccc2=CC1. The summed E-state index contributed by atoms with van der Waals surface area (Å²) >= 11 is 0. The van der Waals surface area contributed by atoms with Gasteiger partial charge in [-0.1, -0.05) is 35.9 Å². The lowest BCUT2D eigenvalue weighted by Gasteiger charge is -1.98. The van der Waals surface area contributed by atoms with Gasteiger partial charge in [0.25, 0.3) is 0 Å². The molecule has 1 aliphatic rings. The number of fused-ring (bicyclic) bond motifs is 1. The molecule has 0 fully saturated rings. The number of para-hydroxylation sites is 1. The van der Waals surface area contributed by atoms with Crippen LogP contribution in [0.1, 0.15) is 13.3 Å². The average molecular weight is 171 g/mol. The molecule has 0 N–H and O–H groups in total. The first-order valence-electron chi connectivity index (χ1n) is 4.61. The highest BCUT2D eigenvalue weighted by molar-refractivity contribution is 5.30. The van der Waals surface area contributed by atoms with E-state index in [1.807, 2.05) is 6.07 Å². The van der Waals surface area contributed by atoms with E-state index in [1.54, 1.807) is 0 Å². The highest BCUT2D eigenvalue weighted by Crippen LogP contribution is 2.00. The van der Waals surface area contributed by atoms with Crippen LogP contribution in [0.15, 0.2) is 40.9 Å². The van der Waals surface area contributed by atoms with Gasteiger partial charge in [-0.05, 0) is 24.6 Å². The van der Waals surface area contributed by atoms with Crippen molar-refractivity contribution in [2.24, 2.45) is 4.99 Å². The van der Waals surface area contributed by atoms with Crippen molar-refractivity contribution in [1.82, 2.24) is 0 Å². The van der Waals surface area contributed by atoms with Crippen LogP contribution < -0.4 is 10.6 Å². The van der Waals surface area contributed by atoms with Crippen molar-refractivity contribution in [2.75, 3.05) is 6.54 Å². The molecule has 1 aliphatic heterocycles. The maximum absolute atomic E-state index is 4.49. The Kier molecular flexibility index (Phi) is 2.26. The van der Waals surface area contributed by atoms with Crippen molar-refractivity contribution in [3.63, 3.8) is 0 Å². The Morgan fingerprint density at radius 1 is 1.15 bits per heavy atom. The van der Waals surface area contributed by atoms with Crippen LogP contribution in [0.5, 0.6) is 0 Å². The molecule has 2 rings (SSSR count). The van der Waals surface area contributed by atoms with Gasteiger partial charge in [0.1, 0.15) is 0 Å². The first-order chi connectivity index (χ1) is 6.36. The highest BCUT2D eigenvalue weighted by Gasteiger charge is 1.91. The monoisotopic (exact) mass is 171 g/mol. The summed E-state index contributed by atoms with van der Waals surface area (Å²) < 4.78 is 0. The van der Waals surface area contributed by atoms with Crippen molar-refractivity contribution < 1.29 is 0 Å². The zero-order chi connectivity index (χ0) is 9.10. The van der Waals surface area contributed by atoms with Crippen LogP contribution in [-0.2, 0) is 0 Å². The molecule has 0 atom stereocenters. The Morgan fingerprint density at radius 2 is 2.00 bits per heavy atom. The number of allylic oxidation sites excluding steroid dienone is 1. The molecule has 1 aromatic carbocycles. The van der Waals surface area contributed by atoms with E-state index in [4.69, 9.17) is 0 Å². The summed E-state index contributed by atoms with van der Waals surface area (Å²) in [7, 11) is 0. The summed E-state index contributed by atoms with van der Waals surface area (Å²) in [5, 5.41) is 2.38. The molecule has 66 valence electrons. The van der Waals surface area contributed by atoms with Crippen molar-refractivity contribution >= 4 is 6.08 Å². The Bertz CT molecular complexity index is 440. The minimum atomic E-state index is 0.816. The van der Waals surface area contributed by atoms with Gasteiger partial charge in [-0.15, -0.1) is 0 Å². The molecule has 1 aromatic rings. The normalized spacial score (nSPS) is 15.6. The van der Waals surface area contributed by atoms with E-state index in [-0.39, 0.29) is 0 Å². The van der Waals surface area contributed by atoms with Crippen LogP contribution in [0.2, 0.25) is 0 Å². The molecule has 0 aromatic heterocycles. The second-order valence-corrected chi connectivity index (χ2v) is 3.36. The number of rotatable bonds is 0. The summed E-state index contributed by atoms with van der Waals surface area (Å²) in [6.45, 7) is 2.97. The van der Waals surface area contributed by atoms with Gasteiger partial charge in [0.2, 0.25) is 0 Å². The molecule has 0 amide bonds. The minimum Gasteiger partial charge on any atom is -0.281 e. The van der Waals surface area contributed by atoms with E-state index in [0.29, 0.717) is 0 Å². The molecule has 0 unspecified atom stereocenters. The van der Waals surface area contributed by atoms with Gasteiger partial charge in [0.05, 0.1) is 11.9 Å². The molecule has 1 heterocycles.